The highest BCUT2D eigenvalue weighted by Crippen LogP contribution is 2.38. The molecule has 0 fully saturated rings. The first-order valence-electron chi connectivity index (χ1n) is 10.5. The molecule has 0 N–H and O–H groups in total. The van der Waals surface area contributed by atoms with Crippen LogP contribution >= 0.6 is 11.3 Å². The van der Waals surface area contributed by atoms with Crippen LogP contribution in [0.25, 0.3) is 53.8 Å². The first-order valence-corrected chi connectivity index (χ1v) is 11.3. The number of hydrogen-bond acceptors (Lipinski definition) is 2. The second-order valence-corrected chi connectivity index (χ2v) is 8.81. The lowest BCUT2D eigenvalue weighted by Crippen LogP contribution is -1.86. The number of halogens is 1. The molecular weight excluding hydrogens is 413 g/mol. The van der Waals surface area contributed by atoms with Gasteiger partial charge in [0.1, 0.15) is 10.8 Å². The predicted octanol–water partition coefficient (Wildman–Crippen LogP) is 8.59. The fourth-order valence-electron chi connectivity index (χ4n) is 4.21. The van der Waals surface area contributed by atoms with Gasteiger partial charge in [-0.25, -0.2) is 9.37 Å². The lowest BCUT2D eigenvalue weighted by molar-refractivity contribution is 0.628. The second-order valence-electron chi connectivity index (χ2n) is 7.78. The van der Waals surface area contributed by atoms with E-state index < -0.39 is 0 Å². The van der Waals surface area contributed by atoms with Crippen molar-refractivity contribution in [1.29, 1.82) is 0 Å². The quantitative estimate of drug-likeness (QED) is 0.273. The van der Waals surface area contributed by atoms with Gasteiger partial charge < -0.3 is 0 Å². The molecule has 32 heavy (non-hydrogen) atoms. The summed E-state index contributed by atoms with van der Waals surface area (Å²) >= 11 is 1.73. The minimum absolute atomic E-state index is 0.218. The van der Waals surface area contributed by atoms with Gasteiger partial charge in [0.25, 0.3) is 0 Å². The summed E-state index contributed by atoms with van der Waals surface area (Å²) in [5.41, 5.74) is 6.63. The summed E-state index contributed by atoms with van der Waals surface area (Å²) < 4.78 is 14.4. The third-order valence-electron chi connectivity index (χ3n) is 5.82. The van der Waals surface area contributed by atoms with E-state index in [0.29, 0.717) is 0 Å². The summed E-state index contributed by atoms with van der Waals surface area (Å²) in [5, 5.41) is 3.45. The van der Waals surface area contributed by atoms with Crippen LogP contribution in [0, 0.1) is 5.82 Å². The molecule has 5 aromatic carbocycles. The molecule has 6 aromatic rings. The van der Waals surface area contributed by atoms with Crippen LogP contribution in [0.2, 0.25) is 0 Å². The predicted molar refractivity (Wildman–Crippen MR) is 133 cm³/mol. The molecule has 0 amide bonds. The molecular formula is C29H18FNS. The topological polar surface area (TPSA) is 12.9 Å². The highest BCUT2D eigenvalue weighted by Gasteiger charge is 2.13. The normalized spacial score (nSPS) is 11.3. The van der Waals surface area contributed by atoms with Gasteiger partial charge in [-0.05, 0) is 57.3 Å². The Morgan fingerprint density at radius 2 is 1.09 bits per heavy atom. The molecule has 0 saturated carbocycles. The Balaban J connectivity index is 1.45. The second kappa shape index (κ2) is 7.70. The van der Waals surface area contributed by atoms with Gasteiger partial charge in [-0.2, -0.15) is 0 Å². The third kappa shape index (κ3) is 3.28. The Labute approximate surface area is 189 Å². The number of para-hydroxylation sites is 1. The van der Waals surface area contributed by atoms with Crippen molar-refractivity contribution in [2.45, 2.75) is 0 Å². The summed E-state index contributed by atoms with van der Waals surface area (Å²) in [7, 11) is 0. The third-order valence-corrected chi connectivity index (χ3v) is 6.89. The van der Waals surface area contributed by atoms with Crippen molar-refractivity contribution < 1.29 is 4.39 Å². The van der Waals surface area contributed by atoms with Gasteiger partial charge in [-0.1, -0.05) is 84.9 Å². The number of nitrogens with zero attached hydrogens (tertiary/aromatic N) is 1. The summed E-state index contributed by atoms with van der Waals surface area (Å²) in [4.78, 5) is 4.88. The fourth-order valence-corrected chi connectivity index (χ4v) is 5.21. The Morgan fingerprint density at radius 3 is 1.81 bits per heavy atom. The van der Waals surface area contributed by atoms with Gasteiger partial charge in [0.05, 0.1) is 10.2 Å². The Hall–Kier alpha value is -3.82. The molecule has 152 valence electrons. The standard InChI is InChI=1S/C29H18FNS/c30-22-15-13-20(14-16-22)19-9-11-21(12-10-19)23-17-18-26(25-6-2-1-5-24(23)25)29-31-27-7-3-4-8-28(27)32-29/h1-18H. The molecule has 3 heteroatoms. The molecule has 0 atom stereocenters. The average Bonchev–Trinajstić information content (AvgIpc) is 3.28. The van der Waals surface area contributed by atoms with E-state index in [-0.39, 0.29) is 5.82 Å². The van der Waals surface area contributed by atoms with Gasteiger partial charge >= 0.3 is 0 Å². The van der Waals surface area contributed by atoms with E-state index in [9.17, 15) is 4.39 Å². The van der Waals surface area contributed by atoms with Crippen molar-refractivity contribution in [2.75, 3.05) is 0 Å². The molecule has 0 bridgehead atoms. The summed E-state index contributed by atoms with van der Waals surface area (Å²) in [6.07, 6.45) is 0. The lowest BCUT2D eigenvalue weighted by atomic mass is 9.94. The van der Waals surface area contributed by atoms with Gasteiger partial charge in [-0.3, -0.25) is 0 Å². The number of thiazole rings is 1. The number of hydrogen-bond donors (Lipinski definition) is 0. The van der Waals surface area contributed by atoms with Crippen molar-refractivity contribution in [1.82, 2.24) is 4.98 Å². The maximum atomic E-state index is 13.2. The number of rotatable bonds is 3. The lowest BCUT2D eigenvalue weighted by Gasteiger charge is -2.11. The van der Waals surface area contributed by atoms with E-state index in [0.717, 1.165) is 32.8 Å². The van der Waals surface area contributed by atoms with E-state index in [1.807, 2.05) is 18.2 Å². The number of fused-ring (bicyclic) bond motifs is 2. The van der Waals surface area contributed by atoms with Crippen LogP contribution < -0.4 is 0 Å². The van der Waals surface area contributed by atoms with Crippen LogP contribution in [-0.4, -0.2) is 4.98 Å². The molecule has 0 aliphatic carbocycles. The first-order chi connectivity index (χ1) is 15.8. The van der Waals surface area contributed by atoms with Crippen molar-refractivity contribution in [3.63, 3.8) is 0 Å². The van der Waals surface area contributed by atoms with Crippen LogP contribution in [0.15, 0.2) is 109 Å². The molecule has 6 rings (SSSR count). The van der Waals surface area contributed by atoms with Crippen LogP contribution in [0.5, 0.6) is 0 Å². The van der Waals surface area contributed by atoms with E-state index in [4.69, 9.17) is 4.98 Å². The Kier molecular flexibility index (Phi) is 4.55. The van der Waals surface area contributed by atoms with Gasteiger partial charge in [0.15, 0.2) is 0 Å². The van der Waals surface area contributed by atoms with Crippen LogP contribution in [0.4, 0.5) is 4.39 Å². The van der Waals surface area contributed by atoms with E-state index in [1.54, 1.807) is 11.3 Å². The summed E-state index contributed by atoms with van der Waals surface area (Å²) in [6.45, 7) is 0. The van der Waals surface area contributed by atoms with E-state index in [1.165, 1.54) is 33.2 Å². The Morgan fingerprint density at radius 1 is 0.531 bits per heavy atom. The van der Waals surface area contributed by atoms with Crippen LogP contribution in [-0.2, 0) is 0 Å². The molecule has 0 aliphatic heterocycles. The molecule has 1 nitrogen and oxygen atoms in total. The smallest absolute Gasteiger partial charge is 0.125 e. The fraction of sp³-hybridized carbons (Fsp3) is 0. The maximum Gasteiger partial charge on any atom is 0.125 e. The van der Waals surface area contributed by atoms with Crippen molar-refractivity contribution in [2.24, 2.45) is 0 Å². The van der Waals surface area contributed by atoms with Crippen LogP contribution in [0.1, 0.15) is 0 Å². The zero-order valence-corrected chi connectivity index (χ0v) is 17.9. The zero-order valence-electron chi connectivity index (χ0n) is 17.1. The maximum absolute atomic E-state index is 13.2. The minimum atomic E-state index is -0.218. The molecule has 0 spiro atoms. The number of benzene rings is 5. The summed E-state index contributed by atoms with van der Waals surface area (Å²) in [6, 6.07) is 36.2. The largest absolute Gasteiger partial charge is 0.236 e. The van der Waals surface area contributed by atoms with Gasteiger partial charge in [0, 0.05) is 5.56 Å². The minimum Gasteiger partial charge on any atom is -0.236 e. The monoisotopic (exact) mass is 431 g/mol. The van der Waals surface area contributed by atoms with Gasteiger partial charge in [0.2, 0.25) is 0 Å². The molecule has 0 radical (unpaired) electrons. The highest BCUT2D eigenvalue weighted by molar-refractivity contribution is 7.21. The molecule has 0 unspecified atom stereocenters. The molecule has 0 aliphatic rings. The van der Waals surface area contributed by atoms with Gasteiger partial charge in [-0.15, -0.1) is 11.3 Å². The SMILES string of the molecule is Fc1ccc(-c2ccc(-c3ccc(-c4nc5ccccc5s4)c4ccccc34)cc2)cc1. The highest BCUT2D eigenvalue weighted by atomic mass is 32.1. The average molecular weight is 432 g/mol. The molecule has 0 saturated heterocycles. The first kappa shape index (κ1) is 18.9. The molecule has 1 aromatic heterocycles. The van der Waals surface area contributed by atoms with Crippen molar-refractivity contribution in [3.05, 3.63) is 115 Å². The van der Waals surface area contributed by atoms with Crippen molar-refractivity contribution in [3.8, 4) is 32.8 Å². The summed E-state index contributed by atoms with van der Waals surface area (Å²) in [5.74, 6) is -0.218. The van der Waals surface area contributed by atoms with E-state index in [2.05, 4.69) is 78.9 Å². The molecule has 1 heterocycles. The van der Waals surface area contributed by atoms with Crippen molar-refractivity contribution >= 4 is 32.3 Å². The Bertz CT molecular complexity index is 1530. The van der Waals surface area contributed by atoms with Crippen LogP contribution in [0.3, 0.4) is 0 Å². The van der Waals surface area contributed by atoms with E-state index >= 15 is 0 Å². The number of aromatic nitrogens is 1. The zero-order chi connectivity index (χ0) is 21.5.